The van der Waals surface area contributed by atoms with Gasteiger partial charge in [-0.05, 0) is 26.3 Å². The molecular formula is C12H18N4OS. The van der Waals surface area contributed by atoms with Crippen molar-refractivity contribution in [3.63, 3.8) is 0 Å². The molecule has 0 aliphatic rings. The largest absolute Gasteiger partial charge is 0.382 e. The fraction of sp³-hybridized carbons (Fsp3) is 0.500. The minimum Gasteiger partial charge on any atom is -0.382 e. The molecule has 0 bridgehead atoms. The normalized spacial score (nSPS) is 11.0. The molecular weight excluding hydrogens is 248 g/mol. The fourth-order valence-electron chi connectivity index (χ4n) is 1.72. The number of fused-ring (bicyclic) bond motifs is 1. The number of ether oxygens (including phenoxy) is 1. The lowest BCUT2D eigenvalue weighted by Gasteiger charge is -2.07. The molecule has 2 rings (SSSR count). The number of nitrogen functional groups attached to an aromatic ring is 1. The molecule has 18 heavy (non-hydrogen) atoms. The van der Waals surface area contributed by atoms with Crippen LogP contribution in [0.5, 0.6) is 0 Å². The van der Waals surface area contributed by atoms with Gasteiger partial charge in [0.1, 0.15) is 10.6 Å². The quantitative estimate of drug-likeness (QED) is 0.786. The first-order chi connectivity index (χ1) is 8.70. The van der Waals surface area contributed by atoms with Crippen LogP contribution in [0, 0.1) is 6.92 Å². The van der Waals surface area contributed by atoms with Crippen LogP contribution < -0.4 is 11.1 Å². The molecule has 2 aromatic heterocycles. The van der Waals surface area contributed by atoms with Crippen LogP contribution in [-0.2, 0) is 4.74 Å². The maximum Gasteiger partial charge on any atom is 0.223 e. The average molecular weight is 266 g/mol. The van der Waals surface area contributed by atoms with E-state index in [1.54, 1.807) is 11.3 Å². The zero-order valence-electron chi connectivity index (χ0n) is 10.7. The van der Waals surface area contributed by atoms with Crippen molar-refractivity contribution in [1.82, 2.24) is 9.97 Å². The van der Waals surface area contributed by atoms with Crippen molar-refractivity contribution in [2.45, 2.75) is 20.3 Å². The molecule has 3 N–H and O–H groups in total. The van der Waals surface area contributed by atoms with Crippen LogP contribution in [0.1, 0.15) is 18.2 Å². The first kappa shape index (κ1) is 13.0. The Morgan fingerprint density at radius 3 is 3.06 bits per heavy atom. The van der Waals surface area contributed by atoms with Gasteiger partial charge < -0.3 is 15.8 Å². The van der Waals surface area contributed by atoms with E-state index in [-0.39, 0.29) is 0 Å². The molecule has 0 aliphatic carbocycles. The van der Waals surface area contributed by atoms with Crippen LogP contribution >= 0.6 is 11.3 Å². The van der Waals surface area contributed by atoms with Gasteiger partial charge in [-0.25, -0.2) is 4.98 Å². The summed E-state index contributed by atoms with van der Waals surface area (Å²) in [6, 6.07) is 2.09. The molecule has 0 radical (unpaired) electrons. The van der Waals surface area contributed by atoms with Crippen molar-refractivity contribution in [3.05, 3.63) is 10.9 Å². The van der Waals surface area contributed by atoms with Crippen molar-refractivity contribution < 1.29 is 4.74 Å². The van der Waals surface area contributed by atoms with Gasteiger partial charge in [-0.3, -0.25) is 0 Å². The first-order valence-electron chi connectivity index (χ1n) is 6.06. The predicted molar refractivity (Wildman–Crippen MR) is 76.2 cm³/mol. The molecule has 0 atom stereocenters. The van der Waals surface area contributed by atoms with E-state index in [2.05, 4.69) is 28.3 Å². The van der Waals surface area contributed by atoms with E-state index >= 15 is 0 Å². The van der Waals surface area contributed by atoms with E-state index in [9.17, 15) is 0 Å². The molecule has 0 saturated carbocycles. The van der Waals surface area contributed by atoms with Crippen LogP contribution in [-0.4, -0.2) is 29.7 Å². The monoisotopic (exact) mass is 266 g/mol. The Labute approximate surface area is 110 Å². The number of hydrogen-bond acceptors (Lipinski definition) is 6. The Morgan fingerprint density at radius 2 is 2.28 bits per heavy atom. The van der Waals surface area contributed by atoms with Gasteiger partial charge >= 0.3 is 0 Å². The molecule has 0 unspecified atom stereocenters. The number of nitrogens with one attached hydrogen (secondary N) is 1. The minimum absolute atomic E-state index is 0.316. The molecule has 0 aliphatic heterocycles. The molecule has 0 spiro atoms. The lowest BCUT2D eigenvalue weighted by Crippen LogP contribution is -2.08. The second kappa shape index (κ2) is 5.97. The third-order valence-corrected chi connectivity index (χ3v) is 3.44. The molecule has 0 amide bonds. The topological polar surface area (TPSA) is 73.1 Å². The van der Waals surface area contributed by atoms with Gasteiger partial charge in [0.15, 0.2) is 0 Å². The van der Waals surface area contributed by atoms with Crippen molar-refractivity contribution in [1.29, 1.82) is 0 Å². The number of nitrogens with zero attached hydrogens (tertiary/aromatic N) is 2. The van der Waals surface area contributed by atoms with Gasteiger partial charge in [0, 0.05) is 24.6 Å². The zero-order chi connectivity index (χ0) is 13.0. The number of thiophene rings is 1. The molecule has 2 heterocycles. The van der Waals surface area contributed by atoms with Gasteiger partial charge in [-0.1, -0.05) is 0 Å². The first-order valence-corrected chi connectivity index (χ1v) is 6.87. The molecule has 2 aromatic rings. The van der Waals surface area contributed by atoms with E-state index in [0.717, 1.165) is 42.2 Å². The van der Waals surface area contributed by atoms with Gasteiger partial charge in [-0.2, -0.15) is 4.98 Å². The van der Waals surface area contributed by atoms with Crippen LogP contribution in [0.3, 0.4) is 0 Å². The third kappa shape index (κ3) is 3.08. The Bertz CT molecular complexity index is 526. The summed E-state index contributed by atoms with van der Waals surface area (Å²) in [5, 5.41) is 4.34. The highest BCUT2D eigenvalue weighted by atomic mass is 32.1. The number of anilines is 2. The summed E-state index contributed by atoms with van der Waals surface area (Å²) >= 11 is 1.63. The lowest BCUT2D eigenvalue weighted by atomic mass is 10.3. The number of aryl methyl sites for hydroxylation is 1. The summed E-state index contributed by atoms with van der Waals surface area (Å²) in [6.45, 7) is 6.39. The lowest BCUT2D eigenvalue weighted by molar-refractivity contribution is 0.147. The van der Waals surface area contributed by atoms with Crippen LogP contribution in [0.4, 0.5) is 11.8 Å². The number of rotatable bonds is 6. The third-order valence-electron chi connectivity index (χ3n) is 2.50. The molecule has 0 saturated heterocycles. The Hall–Kier alpha value is -1.40. The highest BCUT2D eigenvalue weighted by Gasteiger charge is 2.08. The van der Waals surface area contributed by atoms with Crippen molar-refractivity contribution >= 4 is 33.3 Å². The van der Waals surface area contributed by atoms with Gasteiger partial charge in [0.25, 0.3) is 0 Å². The summed E-state index contributed by atoms with van der Waals surface area (Å²) in [6.07, 6.45) is 0.947. The van der Waals surface area contributed by atoms with Crippen LogP contribution in [0.2, 0.25) is 0 Å². The van der Waals surface area contributed by atoms with E-state index in [1.165, 1.54) is 4.88 Å². The maximum absolute atomic E-state index is 5.71. The van der Waals surface area contributed by atoms with Crippen molar-refractivity contribution in [3.8, 4) is 0 Å². The van der Waals surface area contributed by atoms with E-state index in [4.69, 9.17) is 10.5 Å². The maximum atomic E-state index is 5.71. The summed E-state index contributed by atoms with van der Waals surface area (Å²) in [4.78, 5) is 10.6. The number of nitrogens with two attached hydrogens (primary N) is 1. The summed E-state index contributed by atoms with van der Waals surface area (Å²) in [5.41, 5.74) is 5.71. The van der Waals surface area contributed by atoms with Gasteiger partial charge in [0.05, 0.1) is 5.39 Å². The Kier molecular flexibility index (Phi) is 4.33. The smallest absolute Gasteiger partial charge is 0.223 e. The van der Waals surface area contributed by atoms with E-state index in [0.29, 0.717) is 5.95 Å². The minimum atomic E-state index is 0.316. The highest BCUT2D eigenvalue weighted by molar-refractivity contribution is 7.18. The molecule has 5 nitrogen and oxygen atoms in total. The van der Waals surface area contributed by atoms with Crippen molar-refractivity contribution in [2.75, 3.05) is 30.8 Å². The fourth-order valence-corrected chi connectivity index (χ4v) is 2.61. The molecule has 0 aromatic carbocycles. The number of hydrogen-bond donors (Lipinski definition) is 2. The Balaban J connectivity index is 2.07. The molecule has 6 heteroatoms. The highest BCUT2D eigenvalue weighted by Crippen LogP contribution is 2.28. The van der Waals surface area contributed by atoms with Gasteiger partial charge in [-0.15, -0.1) is 11.3 Å². The Morgan fingerprint density at radius 1 is 1.44 bits per heavy atom. The SMILES string of the molecule is CCOCCCNc1nc(N)nc2sc(C)cc12. The van der Waals surface area contributed by atoms with Crippen molar-refractivity contribution in [2.24, 2.45) is 0 Å². The van der Waals surface area contributed by atoms with Gasteiger partial charge in [0.2, 0.25) is 5.95 Å². The summed E-state index contributed by atoms with van der Waals surface area (Å²) in [7, 11) is 0. The van der Waals surface area contributed by atoms with E-state index < -0.39 is 0 Å². The summed E-state index contributed by atoms with van der Waals surface area (Å²) < 4.78 is 5.29. The molecule has 98 valence electrons. The predicted octanol–water partition coefficient (Wildman–Crippen LogP) is 2.42. The summed E-state index contributed by atoms with van der Waals surface area (Å²) in [5.74, 6) is 1.13. The van der Waals surface area contributed by atoms with Crippen LogP contribution in [0.15, 0.2) is 6.07 Å². The second-order valence-electron chi connectivity index (χ2n) is 3.98. The zero-order valence-corrected chi connectivity index (χ0v) is 11.5. The number of aromatic nitrogens is 2. The van der Waals surface area contributed by atoms with Crippen LogP contribution in [0.25, 0.3) is 10.2 Å². The van der Waals surface area contributed by atoms with E-state index in [1.807, 2.05) is 6.92 Å². The standard InChI is InChI=1S/C12H18N4OS/c1-3-17-6-4-5-14-10-9-7-8(2)18-11(9)16-12(13)15-10/h7H,3-6H2,1-2H3,(H3,13,14,15,16). The average Bonchev–Trinajstić information content (AvgIpc) is 2.69. The second-order valence-corrected chi connectivity index (χ2v) is 5.22. The molecule has 0 fully saturated rings.